The molecule has 0 saturated carbocycles. The van der Waals surface area contributed by atoms with Crippen molar-refractivity contribution in [2.45, 2.75) is 0 Å². The average Bonchev–Trinajstić information content (AvgIpc) is 3.07. The van der Waals surface area contributed by atoms with Gasteiger partial charge in [0.25, 0.3) is 5.91 Å². The van der Waals surface area contributed by atoms with Gasteiger partial charge in [0.05, 0.1) is 10.2 Å². The molecule has 0 atom stereocenters. The van der Waals surface area contributed by atoms with Gasteiger partial charge in [0.1, 0.15) is 10.7 Å². The van der Waals surface area contributed by atoms with Crippen LogP contribution in [0.15, 0.2) is 65.4 Å². The third-order valence-electron chi connectivity index (χ3n) is 3.51. The number of thiazole rings is 1. The molecule has 122 valence electrons. The smallest absolute Gasteiger partial charge is 0.276 e. The Bertz CT molecular complexity index is 1030. The van der Waals surface area contributed by atoms with E-state index in [2.05, 4.69) is 36.2 Å². The number of fused-ring (bicyclic) bond motifs is 1. The predicted octanol–water partition coefficient (Wildman–Crippen LogP) is 4.77. The molecule has 4 aromatic rings. The first-order valence-corrected chi connectivity index (χ1v) is 9.05. The normalized spacial score (nSPS) is 10.8. The molecule has 1 amide bonds. The van der Waals surface area contributed by atoms with E-state index in [-0.39, 0.29) is 11.6 Å². The molecule has 0 aliphatic rings. The van der Waals surface area contributed by atoms with Gasteiger partial charge in [-0.3, -0.25) is 4.79 Å². The second-order valence-corrected chi connectivity index (χ2v) is 7.15. The quantitative estimate of drug-likeness (QED) is 0.528. The Morgan fingerprint density at radius 3 is 2.56 bits per heavy atom. The summed E-state index contributed by atoms with van der Waals surface area (Å²) >= 11 is 4.86. The van der Waals surface area contributed by atoms with Crippen LogP contribution < -0.4 is 5.32 Å². The lowest BCUT2D eigenvalue weighted by Crippen LogP contribution is -2.15. The summed E-state index contributed by atoms with van der Waals surface area (Å²) in [5.41, 5.74) is 2.31. The van der Waals surface area contributed by atoms with Crippen LogP contribution in [0.4, 0.5) is 5.69 Å². The fourth-order valence-corrected chi connectivity index (χ4v) is 3.59. The molecule has 0 spiro atoms. The summed E-state index contributed by atoms with van der Waals surface area (Å²) in [6, 6.07) is 15.2. The van der Waals surface area contributed by atoms with Gasteiger partial charge >= 0.3 is 0 Å². The van der Waals surface area contributed by atoms with Gasteiger partial charge in [0, 0.05) is 22.6 Å². The number of hydrogen-bond donors (Lipinski definition) is 1. The number of carbonyl (C=O) groups is 1. The van der Waals surface area contributed by atoms with Crippen LogP contribution in [0.25, 0.3) is 20.9 Å². The number of halogens is 1. The van der Waals surface area contributed by atoms with Crippen LogP contribution in [0.2, 0.25) is 0 Å². The lowest BCUT2D eigenvalue weighted by atomic mass is 10.2. The molecule has 2 aromatic carbocycles. The Kier molecular flexibility index (Phi) is 4.25. The molecule has 0 bridgehead atoms. The number of rotatable bonds is 3. The van der Waals surface area contributed by atoms with E-state index in [1.807, 2.05) is 48.5 Å². The van der Waals surface area contributed by atoms with E-state index in [9.17, 15) is 4.79 Å². The minimum Gasteiger partial charge on any atom is -0.321 e. The fraction of sp³-hybridized carbons (Fsp3) is 0. The molecule has 25 heavy (non-hydrogen) atoms. The zero-order valence-electron chi connectivity index (χ0n) is 12.8. The molecule has 0 aliphatic heterocycles. The molecular weight excluding hydrogens is 400 g/mol. The van der Waals surface area contributed by atoms with Crippen molar-refractivity contribution in [2.75, 3.05) is 5.32 Å². The zero-order valence-corrected chi connectivity index (χ0v) is 15.2. The SMILES string of the molecule is O=C(Nc1ccc(Br)cc1)c1nccnc1-c1nc2ccccc2s1. The van der Waals surface area contributed by atoms with Gasteiger partial charge in [-0.05, 0) is 36.4 Å². The van der Waals surface area contributed by atoms with Gasteiger partial charge in [-0.25, -0.2) is 15.0 Å². The number of aromatic nitrogens is 3. The van der Waals surface area contributed by atoms with Crippen molar-refractivity contribution in [1.29, 1.82) is 0 Å². The number of nitrogens with zero attached hydrogens (tertiary/aromatic N) is 3. The van der Waals surface area contributed by atoms with Crippen LogP contribution in [0, 0.1) is 0 Å². The van der Waals surface area contributed by atoms with Crippen LogP contribution in [0.1, 0.15) is 10.5 Å². The fourth-order valence-electron chi connectivity index (χ4n) is 2.36. The molecule has 2 heterocycles. The molecule has 2 aromatic heterocycles. The Labute approximate surface area is 155 Å². The summed E-state index contributed by atoms with van der Waals surface area (Å²) in [5, 5.41) is 3.52. The molecule has 0 fully saturated rings. The lowest BCUT2D eigenvalue weighted by molar-refractivity contribution is 0.102. The van der Waals surface area contributed by atoms with Gasteiger partial charge < -0.3 is 5.32 Å². The highest BCUT2D eigenvalue weighted by Gasteiger charge is 2.18. The first-order chi connectivity index (χ1) is 12.2. The van der Waals surface area contributed by atoms with Crippen molar-refractivity contribution in [2.24, 2.45) is 0 Å². The first kappa shape index (κ1) is 15.9. The number of benzene rings is 2. The summed E-state index contributed by atoms with van der Waals surface area (Å²) in [6.45, 7) is 0. The highest BCUT2D eigenvalue weighted by molar-refractivity contribution is 9.10. The van der Waals surface area contributed by atoms with E-state index in [1.54, 1.807) is 6.20 Å². The summed E-state index contributed by atoms with van der Waals surface area (Å²) in [4.78, 5) is 25.8. The monoisotopic (exact) mass is 410 g/mol. The maximum atomic E-state index is 12.7. The second kappa shape index (κ2) is 6.70. The van der Waals surface area contributed by atoms with Crippen LogP contribution in [-0.2, 0) is 0 Å². The number of nitrogens with one attached hydrogen (secondary N) is 1. The largest absolute Gasteiger partial charge is 0.321 e. The minimum absolute atomic E-state index is 0.254. The summed E-state index contributed by atoms with van der Waals surface area (Å²) in [5.74, 6) is -0.315. The number of hydrogen-bond acceptors (Lipinski definition) is 5. The van der Waals surface area contributed by atoms with Crippen LogP contribution in [0.3, 0.4) is 0 Å². The molecule has 7 heteroatoms. The average molecular weight is 411 g/mol. The highest BCUT2D eigenvalue weighted by Crippen LogP contribution is 2.30. The Morgan fingerprint density at radius 2 is 1.76 bits per heavy atom. The van der Waals surface area contributed by atoms with Crippen LogP contribution in [-0.4, -0.2) is 20.9 Å². The second-order valence-electron chi connectivity index (χ2n) is 5.20. The van der Waals surface area contributed by atoms with Crippen molar-refractivity contribution < 1.29 is 4.79 Å². The van der Waals surface area contributed by atoms with Crippen molar-refractivity contribution in [3.8, 4) is 10.7 Å². The van der Waals surface area contributed by atoms with Gasteiger partial charge in [-0.1, -0.05) is 28.1 Å². The molecule has 0 unspecified atom stereocenters. The van der Waals surface area contributed by atoms with Gasteiger partial charge in [-0.2, -0.15) is 0 Å². The Hall–Kier alpha value is -2.64. The van der Waals surface area contributed by atoms with Gasteiger partial charge in [-0.15, -0.1) is 11.3 Å². The summed E-state index contributed by atoms with van der Waals surface area (Å²) < 4.78 is 1.99. The van der Waals surface area contributed by atoms with E-state index >= 15 is 0 Å². The predicted molar refractivity (Wildman–Crippen MR) is 103 cm³/mol. The number of carbonyl (C=O) groups excluding carboxylic acids is 1. The van der Waals surface area contributed by atoms with E-state index in [0.717, 1.165) is 14.7 Å². The highest BCUT2D eigenvalue weighted by atomic mass is 79.9. The Balaban J connectivity index is 1.70. The lowest BCUT2D eigenvalue weighted by Gasteiger charge is -2.07. The molecule has 4 rings (SSSR count). The van der Waals surface area contributed by atoms with Crippen molar-refractivity contribution in [1.82, 2.24) is 15.0 Å². The van der Waals surface area contributed by atoms with Gasteiger partial charge in [0.2, 0.25) is 0 Å². The minimum atomic E-state index is -0.315. The maximum Gasteiger partial charge on any atom is 0.276 e. The zero-order chi connectivity index (χ0) is 17.2. The third-order valence-corrected chi connectivity index (χ3v) is 5.08. The first-order valence-electron chi connectivity index (χ1n) is 7.44. The molecule has 0 radical (unpaired) electrons. The van der Waals surface area contributed by atoms with E-state index in [0.29, 0.717) is 16.4 Å². The van der Waals surface area contributed by atoms with E-state index in [4.69, 9.17) is 0 Å². The van der Waals surface area contributed by atoms with Crippen LogP contribution in [0.5, 0.6) is 0 Å². The summed E-state index contributed by atoms with van der Waals surface area (Å²) in [7, 11) is 0. The van der Waals surface area contributed by atoms with Crippen molar-refractivity contribution in [3.05, 3.63) is 71.1 Å². The van der Waals surface area contributed by atoms with Gasteiger partial charge in [0.15, 0.2) is 5.69 Å². The number of anilines is 1. The number of para-hydroxylation sites is 1. The van der Waals surface area contributed by atoms with Crippen LogP contribution >= 0.6 is 27.3 Å². The Morgan fingerprint density at radius 1 is 1.00 bits per heavy atom. The van der Waals surface area contributed by atoms with Crippen molar-refractivity contribution >= 4 is 49.1 Å². The van der Waals surface area contributed by atoms with E-state index < -0.39 is 0 Å². The molecular formula is C18H11BrN4OS. The molecule has 0 saturated heterocycles. The molecule has 0 aliphatic carbocycles. The molecule has 1 N–H and O–H groups in total. The maximum absolute atomic E-state index is 12.7. The topological polar surface area (TPSA) is 67.8 Å². The standard InChI is InChI=1S/C18H11BrN4OS/c19-11-5-7-12(8-6-11)22-17(24)15-16(21-10-9-20-15)18-23-13-3-1-2-4-14(13)25-18/h1-10H,(H,22,24). The van der Waals surface area contributed by atoms with E-state index in [1.165, 1.54) is 17.5 Å². The summed E-state index contributed by atoms with van der Waals surface area (Å²) in [6.07, 6.45) is 3.07. The molecule has 5 nitrogen and oxygen atoms in total. The number of amides is 1. The third kappa shape index (κ3) is 3.29. The van der Waals surface area contributed by atoms with Crippen molar-refractivity contribution in [3.63, 3.8) is 0 Å².